The van der Waals surface area contributed by atoms with Crippen LogP contribution in [0.15, 0.2) is 12.3 Å². The minimum Gasteiger partial charge on any atom is -0.397 e. The predicted octanol–water partition coefficient (Wildman–Crippen LogP) is 0.659. The number of aromatic nitrogens is 1. The summed E-state index contributed by atoms with van der Waals surface area (Å²) >= 11 is 0. The van der Waals surface area contributed by atoms with Crippen molar-refractivity contribution in [3.8, 4) is 0 Å². The maximum absolute atomic E-state index is 11.2. The lowest BCUT2D eigenvalue weighted by Crippen LogP contribution is -2.42. The van der Waals surface area contributed by atoms with E-state index in [1.54, 1.807) is 6.07 Å². The van der Waals surface area contributed by atoms with Gasteiger partial charge in [0, 0.05) is 12.6 Å². The molecule has 104 valence electrons. The number of rotatable bonds is 4. The average molecular weight is 263 g/mol. The highest BCUT2D eigenvalue weighted by Gasteiger charge is 2.19. The molecule has 1 atom stereocenters. The zero-order valence-corrected chi connectivity index (χ0v) is 11.2. The molecule has 1 aliphatic rings. The smallest absolute Gasteiger partial charge is 0.250 e. The summed E-state index contributed by atoms with van der Waals surface area (Å²) in [5, 5.41) is 3.35. The van der Waals surface area contributed by atoms with Gasteiger partial charge in [-0.25, -0.2) is 4.98 Å². The highest BCUT2D eigenvalue weighted by molar-refractivity contribution is 5.98. The summed E-state index contributed by atoms with van der Waals surface area (Å²) < 4.78 is 0. The van der Waals surface area contributed by atoms with Crippen LogP contribution in [-0.4, -0.2) is 41.5 Å². The van der Waals surface area contributed by atoms with Crippen molar-refractivity contribution in [2.24, 2.45) is 5.73 Å². The fourth-order valence-electron chi connectivity index (χ4n) is 2.43. The summed E-state index contributed by atoms with van der Waals surface area (Å²) in [4.78, 5) is 17.8. The van der Waals surface area contributed by atoms with Crippen molar-refractivity contribution in [1.82, 2.24) is 9.88 Å². The Morgan fingerprint density at radius 2 is 2.42 bits per heavy atom. The molecule has 0 spiro atoms. The van der Waals surface area contributed by atoms with Crippen LogP contribution in [-0.2, 0) is 0 Å². The number of nitrogens with two attached hydrogens (primary N) is 2. The third kappa shape index (κ3) is 3.35. The van der Waals surface area contributed by atoms with E-state index in [-0.39, 0.29) is 0 Å². The molecule has 1 saturated heterocycles. The lowest BCUT2D eigenvalue weighted by molar-refractivity contribution is 0.100. The topological polar surface area (TPSA) is 97.3 Å². The summed E-state index contributed by atoms with van der Waals surface area (Å²) in [5.41, 5.74) is 11.6. The molecular formula is C13H21N5O. The summed E-state index contributed by atoms with van der Waals surface area (Å²) in [6, 6.07) is 1.98. The van der Waals surface area contributed by atoms with Crippen LogP contribution in [0.5, 0.6) is 0 Å². The molecule has 0 radical (unpaired) electrons. The number of hydrogen-bond acceptors (Lipinski definition) is 5. The lowest BCUT2D eigenvalue weighted by Gasteiger charge is -2.32. The Morgan fingerprint density at radius 3 is 3.11 bits per heavy atom. The van der Waals surface area contributed by atoms with Gasteiger partial charge in [-0.15, -0.1) is 0 Å². The van der Waals surface area contributed by atoms with Gasteiger partial charge in [-0.1, -0.05) is 6.92 Å². The van der Waals surface area contributed by atoms with Gasteiger partial charge in [0.2, 0.25) is 0 Å². The van der Waals surface area contributed by atoms with Gasteiger partial charge < -0.3 is 21.7 Å². The number of nitrogens with one attached hydrogen (secondary N) is 1. The van der Waals surface area contributed by atoms with E-state index in [2.05, 4.69) is 22.1 Å². The summed E-state index contributed by atoms with van der Waals surface area (Å²) in [6.45, 7) is 5.36. The fourth-order valence-corrected chi connectivity index (χ4v) is 2.43. The molecule has 0 bridgehead atoms. The van der Waals surface area contributed by atoms with Crippen LogP contribution in [0.3, 0.4) is 0 Å². The van der Waals surface area contributed by atoms with Gasteiger partial charge in [-0.2, -0.15) is 0 Å². The highest BCUT2D eigenvalue weighted by Crippen LogP contribution is 2.18. The molecule has 0 aromatic carbocycles. The molecule has 1 unspecified atom stereocenters. The van der Waals surface area contributed by atoms with Crippen LogP contribution in [0, 0.1) is 0 Å². The van der Waals surface area contributed by atoms with Gasteiger partial charge in [-0.05, 0) is 32.0 Å². The lowest BCUT2D eigenvalue weighted by atomic mass is 10.1. The Balaban J connectivity index is 2.06. The monoisotopic (exact) mass is 263 g/mol. The van der Waals surface area contributed by atoms with Gasteiger partial charge in [-0.3, -0.25) is 4.79 Å². The van der Waals surface area contributed by atoms with E-state index in [1.807, 2.05) is 0 Å². The second-order valence-electron chi connectivity index (χ2n) is 4.90. The molecule has 0 saturated carbocycles. The maximum Gasteiger partial charge on any atom is 0.250 e. The molecule has 6 nitrogen and oxygen atoms in total. The second-order valence-corrected chi connectivity index (χ2v) is 4.90. The number of primary amides is 1. The number of likely N-dealkylation sites (tertiary alicyclic amines) is 1. The van der Waals surface area contributed by atoms with Crippen molar-refractivity contribution < 1.29 is 4.79 Å². The maximum atomic E-state index is 11.2. The average Bonchev–Trinajstić information content (AvgIpc) is 2.41. The number of amides is 1. The van der Waals surface area contributed by atoms with Gasteiger partial charge in [0.1, 0.15) is 5.82 Å². The van der Waals surface area contributed by atoms with Gasteiger partial charge in [0.05, 0.1) is 17.4 Å². The number of hydrogen-bond donors (Lipinski definition) is 3. The van der Waals surface area contributed by atoms with Crippen molar-refractivity contribution >= 4 is 17.4 Å². The molecule has 1 aromatic heterocycles. The number of pyridine rings is 1. The number of nitrogen functional groups attached to an aromatic ring is 1. The third-order valence-electron chi connectivity index (χ3n) is 3.50. The van der Waals surface area contributed by atoms with Crippen LogP contribution in [0.25, 0.3) is 0 Å². The van der Waals surface area contributed by atoms with Gasteiger partial charge >= 0.3 is 0 Å². The molecular weight excluding hydrogens is 242 g/mol. The fraction of sp³-hybridized carbons (Fsp3) is 0.538. The van der Waals surface area contributed by atoms with Crippen molar-refractivity contribution in [3.05, 3.63) is 17.8 Å². The number of anilines is 2. The van der Waals surface area contributed by atoms with E-state index < -0.39 is 5.91 Å². The minimum atomic E-state index is -0.526. The quantitative estimate of drug-likeness (QED) is 0.741. The van der Waals surface area contributed by atoms with Gasteiger partial charge in [0.15, 0.2) is 0 Å². The SMILES string of the molecule is CCN1CCCC(Nc2cc(C(N)=O)c(N)cn2)C1. The number of carbonyl (C=O) groups excluding carboxylic acids is 1. The molecule has 1 aromatic rings. The van der Waals surface area contributed by atoms with Crippen LogP contribution in [0.1, 0.15) is 30.1 Å². The molecule has 2 rings (SSSR count). The molecule has 1 aliphatic heterocycles. The van der Waals surface area contributed by atoms with E-state index in [1.165, 1.54) is 12.6 Å². The summed E-state index contributed by atoms with van der Waals surface area (Å²) in [6.07, 6.45) is 3.75. The summed E-state index contributed by atoms with van der Waals surface area (Å²) in [5.74, 6) is 0.132. The Hall–Kier alpha value is -1.82. The third-order valence-corrected chi connectivity index (χ3v) is 3.50. The van der Waals surface area contributed by atoms with E-state index in [4.69, 9.17) is 11.5 Å². The molecule has 19 heavy (non-hydrogen) atoms. The van der Waals surface area contributed by atoms with Crippen LogP contribution in [0.2, 0.25) is 0 Å². The number of nitrogens with zero attached hydrogens (tertiary/aromatic N) is 2. The van der Waals surface area contributed by atoms with Crippen LogP contribution >= 0.6 is 0 Å². The molecule has 6 heteroatoms. The Kier molecular flexibility index (Phi) is 4.21. The Bertz CT molecular complexity index is 462. The first-order valence-corrected chi connectivity index (χ1v) is 6.64. The zero-order valence-electron chi connectivity index (χ0n) is 11.2. The molecule has 2 heterocycles. The first-order valence-electron chi connectivity index (χ1n) is 6.64. The zero-order chi connectivity index (χ0) is 13.8. The van der Waals surface area contributed by atoms with Crippen LogP contribution in [0.4, 0.5) is 11.5 Å². The first kappa shape index (κ1) is 13.6. The first-order chi connectivity index (χ1) is 9.10. The highest BCUT2D eigenvalue weighted by atomic mass is 16.1. The van der Waals surface area contributed by atoms with E-state index in [0.717, 1.165) is 26.1 Å². The predicted molar refractivity (Wildman–Crippen MR) is 75.9 cm³/mol. The number of likely N-dealkylation sites (N-methyl/N-ethyl adjacent to an activating group) is 1. The number of piperidine rings is 1. The largest absolute Gasteiger partial charge is 0.397 e. The van der Waals surface area contributed by atoms with E-state index in [0.29, 0.717) is 23.1 Å². The minimum absolute atomic E-state index is 0.317. The van der Waals surface area contributed by atoms with Crippen molar-refractivity contribution in [1.29, 1.82) is 0 Å². The van der Waals surface area contributed by atoms with Crippen molar-refractivity contribution in [3.63, 3.8) is 0 Å². The van der Waals surface area contributed by atoms with E-state index >= 15 is 0 Å². The van der Waals surface area contributed by atoms with Crippen LogP contribution < -0.4 is 16.8 Å². The molecule has 1 amide bonds. The normalized spacial score (nSPS) is 20.2. The van der Waals surface area contributed by atoms with Gasteiger partial charge in [0.25, 0.3) is 5.91 Å². The Morgan fingerprint density at radius 1 is 1.63 bits per heavy atom. The summed E-state index contributed by atoms with van der Waals surface area (Å²) in [7, 11) is 0. The van der Waals surface area contributed by atoms with E-state index in [9.17, 15) is 4.79 Å². The second kappa shape index (κ2) is 5.88. The van der Waals surface area contributed by atoms with Crippen molar-refractivity contribution in [2.75, 3.05) is 30.7 Å². The molecule has 1 fully saturated rings. The Labute approximate surface area is 113 Å². The molecule has 5 N–H and O–H groups in total. The van der Waals surface area contributed by atoms with Crippen molar-refractivity contribution in [2.45, 2.75) is 25.8 Å². The standard InChI is InChI=1S/C13H21N5O/c1-2-18-5-3-4-9(8-18)17-12-6-10(13(15)19)11(14)7-16-12/h6-7,9H,2-5,8,14H2,1H3,(H2,15,19)(H,16,17). The number of carbonyl (C=O) groups is 1. The molecule has 0 aliphatic carbocycles.